The van der Waals surface area contributed by atoms with Gasteiger partial charge in [0.1, 0.15) is 0 Å². The topological polar surface area (TPSA) is 38.5 Å². The van der Waals surface area contributed by atoms with E-state index in [0.717, 1.165) is 0 Å². The second kappa shape index (κ2) is 1.95. The molecule has 0 saturated carbocycles. The minimum atomic E-state index is 0.441. The van der Waals surface area contributed by atoms with Crippen molar-refractivity contribution in [3.05, 3.63) is 12.3 Å². The molecule has 0 radical (unpaired) electrons. The van der Waals surface area contributed by atoms with E-state index in [9.17, 15) is 0 Å². The maximum atomic E-state index is 5.18. The van der Waals surface area contributed by atoms with E-state index in [1.165, 1.54) is 0 Å². The molecule has 0 aromatic carbocycles. The molecule has 40 valence electrons. The van der Waals surface area contributed by atoms with Crippen molar-refractivity contribution in [2.45, 2.75) is 0 Å². The van der Waals surface area contributed by atoms with E-state index >= 15 is 0 Å². The van der Waals surface area contributed by atoms with Crippen molar-refractivity contribution in [2.75, 3.05) is 13.3 Å². The predicted octanol–water partition coefficient (Wildman–Crippen LogP) is -0.337. The molecule has 1 aliphatic heterocycles. The Labute approximate surface area is 42.3 Å². The van der Waals surface area contributed by atoms with Crippen LogP contribution in [0.4, 0.5) is 0 Å². The van der Waals surface area contributed by atoms with Gasteiger partial charge in [-0.2, -0.15) is 0 Å². The van der Waals surface area contributed by atoms with Gasteiger partial charge >= 0.3 is 0 Å². The second-order valence-electron chi connectivity index (χ2n) is 1.28. The molecule has 7 heavy (non-hydrogen) atoms. The average molecular weight is 100 g/mol. The summed E-state index contributed by atoms with van der Waals surface area (Å²) in [5.41, 5.74) is 5.18. The van der Waals surface area contributed by atoms with Gasteiger partial charge < -0.3 is 5.73 Å². The zero-order valence-electron chi connectivity index (χ0n) is 4.00. The van der Waals surface area contributed by atoms with Crippen LogP contribution in [0.25, 0.3) is 0 Å². The van der Waals surface area contributed by atoms with Gasteiger partial charge in [0.15, 0.2) is 0 Å². The van der Waals surface area contributed by atoms with Crippen molar-refractivity contribution >= 4 is 0 Å². The molecule has 0 aromatic rings. The zero-order chi connectivity index (χ0) is 5.11. The van der Waals surface area contributed by atoms with Gasteiger partial charge in [-0.1, -0.05) is 0 Å². The Balaban J connectivity index is 2.28. The van der Waals surface area contributed by atoms with Crippen LogP contribution < -0.4 is 5.73 Å². The summed E-state index contributed by atoms with van der Waals surface area (Å²) in [7, 11) is 0. The van der Waals surface area contributed by atoms with E-state index in [-0.39, 0.29) is 0 Å². The Morgan fingerprint density at radius 1 is 1.86 bits per heavy atom. The normalized spacial score (nSPS) is 18.7. The molecule has 0 atom stereocenters. The third-order valence-corrected chi connectivity index (χ3v) is 0.788. The molecule has 0 aliphatic carbocycles. The van der Waals surface area contributed by atoms with Crippen molar-refractivity contribution in [1.29, 1.82) is 0 Å². The average Bonchev–Trinajstić information content (AvgIpc) is 2.14. The van der Waals surface area contributed by atoms with Crippen LogP contribution in [-0.4, -0.2) is 18.3 Å². The summed E-state index contributed by atoms with van der Waals surface area (Å²) < 4.78 is 0. The standard InChI is InChI=1S/C4H8N2O/c5-4-6-2-1-3-7-6/h1-2H,3-5H2. The highest BCUT2D eigenvalue weighted by molar-refractivity contribution is 4.82. The van der Waals surface area contributed by atoms with E-state index in [1.807, 2.05) is 12.3 Å². The molecule has 0 saturated heterocycles. The molecular formula is C4H8N2O. The van der Waals surface area contributed by atoms with E-state index < -0.39 is 0 Å². The van der Waals surface area contributed by atoms with Gasteiger partial charge in [-0.05, 0) is 6.08 Å². The quantitative estimate of drug-likeness (QED) is 0.490. The number of hydrogen-bond donors (Lipinski definition) is 1. The van der Waals surface area contributed by atoms with Crippen molar-refractivity contribution in [3.63, 3.8) is 0 Å². The van der Waals surface area contributed by atoms with Crippen molar-refractivity contribution in [1.82, 2.24) is 5.06 Å². The molecule has 0 unspecified atom stereocenters. The van der Waals surface area contributed by atoms with Crippen LogP contribution in [0.3, 0.4) is 0 Å². The molecule has 0 fully saturated rings. The van der Waals surface area contributed by atoms with Crippen LogP contribution in [0, 0.1) is 0 Å². The number of hydroxylamine groups is 2. The lowest BCUT2D eigenvalue weighted by Crippen LogP contribution is -2.21. The van der Waals surface area contributed by atoms with Crippen molar-refractivity contribution in [3.8, 4) is 0 Å². The third-order valence-electron chi connectivity index (χ3n) is 0.788. The number of nitrogens with zero attached hydrogens (tertiary/aromatic N) is 1. The highest BCUT2D eigenvalue weighted by Crippen LogP contribution is 1.96. The van der Waals surface area contributed by atoms with Gasteiger partial charge in [-0.15, -0.1) is 0 Å². The summed E-state index contributed by atoms with van der Waals surface area (Å²) in [4.78, 5) is 4.90. The molecule has 0 aromatic heterocycles. The van der Waals surface area contributed by atoms with Gasteiger partial charge in [-0.25, -0.2) is 5.06 Å². The molecule has 2 N–H and O–H groups in total. The lowest BCUT2D eigenvalue weighted by molar-refractivity contribution is -0.0876. The van der Waals surface area contributed by atoms with Gasteiger partial charge in [0.2, 0.25) is 0 Å². The summed E-state index contributed by atoms with van der Waals surface area (Å²) >= 11 is 0. The first kappa shape index (κ1) is 4.61. The largest absolute Gasteiger partial charge is 0.312 e. The van der Waals surface area contributed by atoms with Crippen molar-refractivity contribution < 1.29 is 4.84 Å². The first-order chi connectivity index (χ1) is 3.43. The number of nitrogens with two attached hydrogens (primary N) is 1. The summed E-state index contributed by atoms with van der Waals surface area (Å²) in [6.45, 7) is 1.10. The smallest absolute Gasteiger partial charge is 0.0948 e. The van der Waals surface area contributed by atoms with Gasteiger partial charge in [-0.3, -0.25) is 4.84 Å². The Hall–Kier alpha value is -0.540. The van der Waals surface area contributed by atoms with Gasteiger partial charge in [0, 0.05) is 6.20 Å². The maximum Gasteiger partial charge on any atom is 0.0948 e. The lowest BCUT2D eigenvalue weighted by atomic mass is 10.7. The van der Waals surface area contributed by atoms with Gasteiger partial charge in [0.25, 0.3) is 0 Å². The Morgan fingerprint density at radius 3 is 3.00 bits per heavy atom. The fourth-order valence-corrected chi connectivity index (χ4v) is 0.456. The molecule has 0 bridgehead atoms. The summed E-state index contributed by atoms with van der Waals surface area (Å²) in [5.74, 6) is 0. The molecule has 3 heteroatoms. The highest BCUT2D eigenvalue weighted by atomic mass is 16.7. The number of rotatable bonds is 1. The van der Waals surface area contributed by atoms with Crippen LogP contribution in [0.2, 0.25) is 0 Å². The monoisotopic (exact) mass is 100 g/mol. The Kier molecular flexibility index (Phi) is 1.29. The van der Waals surface area contributed by atoms with E-state index in [4.69, 9.17) is 10.6 Å². The molecular weight excluding hydrogens is 92.1 g/mol. The summed E-state index contributed by atoms with van der Waals surface area (Å²) in [6.07, 6.45) is 3.73. The molecule has 0 amide bonds. The molecule has 3 nitrogen and oxygen atoms in total. The maximum absolute atomic E-state index is 5.18. The molecule has 1 rings (SSSR count). The number of hydrogen-bond acceptors (Lipinski definition) is 3. The van der Waals surface area contributed by atoms with Crippen LogP contribution in [0.5, 0.6) is 0 Å². The first-order valence-corrected chi connectivity index (χ1v) is 2.20. The first-order valence-electron chi connectivity index (χ1n) is 2.20. The molecule has 1 heterocycles. The molecule has 0 spiro atoms. The van der Waals surface area contributed by atoms with Crippen LogP contribution in [-0.2, 0) is 4.84 Å². The molecule has 1 aliphatic rings. The Bertz CT molecular complexity index is 81.8. The van der Waals surface area contributed by atoms with E-state index in [2.05, 4.69) is 0 Å². The minimum absolute atomic E-state index is 0.441. The van der Waals surface area contributed by atoms with Crippen LogP contribution in [0.15, 0.2) is 12.3 Å². The van der Waals surface area contributed by atoms with Crippen LogP contribution in [0.1, 0.15) is 0 Å². The third kappa shape index (κ3) is 0.913. The summed E-state index contributed by atoms with van der Waals surface area (Å²) in [6, 6.07) is 0. The predicted molar refractivity (Wildman–Crippen MR) is 26.0 cm³/mol. The minimum Gasteiger partial charge on any atom is -0.312 e. The van der Waals surface area contributed by atoms with E-state index in [1.54, 1.807) is 5.06 Å². The fraction of sp³-hybridized carbons (Fsp3) is 0.500. The van der Waals surface area contributed by atoms with Crippen molar-refractivity contribution in [2.24, 2.45) is 5.73 Å². The SMILES string of the molecule is NCN1C=CCO1. The van der Waals surface area contributed by atoms with Gasteiger partial charge in [0.05, 0.1) is 13.3 Å². The zero-order valence-corrected chi connectivity index (χ0v) is 4.00. The summed E-state index contributed by atoms with van der Waals surface area (Å²) in [5, 5.41) is 1.58. The van der Waals surface area contributed by atoms with Crippen LogP contribution >= 0.6 is 0 Å². The lowest BCUT2D eigenvalue weighted by Gasteiger charge is -2.08. The van der Waals surface area contributed by atoms with E-state index in [0.29, 0.717) is 13.3 Å². The highest BCUT2D eigenvalue weighted by Gasteiger charge is 1.98. The Morgan fingerprint density at radius 2 is 2.71 bits per heavy atom. The fourth-order valence-electron chi connectivity index (χ4n) is 0.456. The second-order valence-corrected chi connectivity index (χ2v) is 1.28.